The van der Waals surface area contributed by atoms with Gasteiger partial charge in [-0.05, 0) is 64.0 Å². The Labute approximate surface area is 180 Å². The zero-order valence-corrected chi connectivity index (χ0v) is 19.4. The molecule has 1 N–H and O–H groups in total. The third kappa shape index (κ3) is 7.13. The topological polar surface area (TPSA) is 34.1 Å². The van der Waals surface area contributed by atoms with E-state index in [2.05, 4.69) is 33.9 Å². The number of nitrogens with one attached hydrogen (secondary N) is 1. The molecule has 1 aliphatic carbocycles. The summed E-state index contributed by atoms with van der Waals surface area (Å²) >= 11 is 0. The van der Waals surface area contributed by atoms with E-state index >= 15 is 0 Å². The summed E-state index contributed by atoms with van der Waals surface area (Å²) < 4.78 is 0. The number of unbranched alkanes of at least 4 members (excludes halogenated alkanes) is 1. The first-order valence-corrected chi connectivity index (χ1v) is 12.7. The molecule has 2 saturated heterocycles. The molecule has 0 aromatic heterocycles. The highest BCUT2D eigenvalue weighted by atomic mass is 15.3. The molecule has 29 heavy (non-hydrogen) atoms. The number of hydrogen-bond acceptors (Lipinski definition) is 3. The molecule has 0 atom stereocenters. The molecule has 0 aromatic rings. The Kier molecular flexibility index (Phi) is 9.57. The molecule has 2 aliphatic heterocycles. The summed E-state index contributed by atoms with van der Waals surface area (Å²) in [5.74, 6) is 1.19. The monoisotopic (exact) mass is 405 g/mol. The van der Waals surface area contributed by atoms with E-state index in [4.69, 9.17) is 4.99 Å². The predicted molar refractivity (Wildman–Crippen MR) is 125 cm³/mol. The summed E-state index contributed by atoms with van der Waals surface area (Å²) in [6.07, 6.45) is 13.9. The number of aliphatic imine (C=N–C) groups is 1. The molecule has 3 rings (SSSR count). The van der Waals surface area contributed by atoms with Crippen molar-refractivity contribution in [1.82, 2.24) is 20.0 Å². The maximum absolute atomic E-state index is 5.05. The van der Waals surface area contributed by atoms with Gasteiger partial charge in [0.1, 0.15) is 0 Å². The molecule has 0 bridgehead atoms. The number of nitrogens with zero attached hydrogens (tertiary/aromatic N) is 4. The standard InChI is InChI=1S/C24H47N5/c1-3-25-23(26-15-9-10-16-28-20-18-27(4-2)19-21-28)29-17-11-14-24(22-29)12-7-5-6-8-13-24/h3-22H2,1-2H3,(H,25,26). The van der Waals surface area contributed by atoms with E-state index in [0.29, 0.717) is 5.41 Å². The van der Waals surface area contributed by atoms with Gasteiger partial charge in [0.05, 0.1) is 0 Å². The van der Waals surface area contributed by atoms with Crippen LogP contribution in [0.15, 0.2) is 4.99 Å². The van der Waals surface area contributed by atoms with Crippen molar-refractivity contribution in [1.29, 1.82) is 0 Å². The van der Waals surface area contributed by atoms with Gasteiger partial charge in [0.25, 0.3) is 0 Å². The lowest BCUT2D eigenvalue weighted by Gasteiger charge is -2.44. The van der Waals surface area contributed by atoms with Gasteiger partial charge in [0.15, 0.2) is 5.96 Å². The van der Waals surface area contributed by atoms with E-state index in [9.17, 15) is 0 Å². The summed E-state index contributed by atoms with van der Waals surface area (Å²) in [6.45, 7) is 16.3. The van der Waals surface area contributed by atoms with Crippen molar-refractivity contribution in [3.63, 3.8) is 0 Å². The number of likely N-dealkylation sites (tertiary alicyclic amines) is 1. The molecule has 5 nitrogen and oxygen atoms in total. The largest absolute Gasteiger partial charge is 0.357 e. The lowest BCUT2D eigenvalue weighted by atomic mass is 9.74. The van der Waals surface area contributed by atoms with Gasteiger partial charge >= 0.3 is 0 Å². The number of piperidine rings is 1. The fraction of sp³-hybridized carbons (Fsp3) is 0.958. The Morgan fingerprint density at radius 2 is 1.52 bits per heavy atom. The molecule has 0 amide bonds. The first-order chi connectivity index (χ1) is 14.2. The van der Waals surface area contributed by atoms with Gasteiger partial charge in [-0.25, -0.2) is 0 Å². The smallest absolute Gasteiger partial charge is 0.193 e. The van der Waals surface area contributed by atoms with Crippen molar-refractivity contribution >= 4 is 5.96 Å². The highest BCUT2D eigenvalue weighted by Crippen LogP contribution is 2.42. The van der Waals surface area contributed by atoms with Gasteiger partial charge in [-0.15, -0.1) is 0 Å². The van der Waals surface area contributed by atoms with Crippen molar-refractivity contribution in [2.75, 3.05) is 65.4 Å². The fourth-order valence-electron chi connectivity index (χ4n) is 5.66. The first kappa shape index (κ1) is 22.9. The van der Waals surface area contributed by atoms with E-state index in [1.165, 1.54) is 123 Å². The van der Waals surface area contributed by atoms with Gasteiger partial charge < -0.3 is 20.0 Å². The second kappa shape index (κ2) is 12.1. The summed E-state index contributed by atoms with van der Waals surface area (Å²) in [5.41, 5.74) is 0.575. The molecular weight excluding hydrogens is 358 g/mol. The van der Waals surface area contributed by atoms with Crippen LogP contribution in [0, 0.1) is 5.41 Å². The SMILES string of the molecule is CCNC(=NCCCCN1CCN(CC)CC1)N1CCCC2(CCCCCC2)C1. The molecule has 0 aromatic carbocycles. The van der Waals surface area contributed by atoms with Crippen LogP contribution < -0.4 is 5.32 Å². The second-order valence-corrected chi connectivity index (χ2v) is 9.66. The number of hydrogen-bond donors (Lipinski definition) is 1. The number of piperazine rings is 1. The average molecular weight is 406 g/mol. The van der Waals surface area contributed by atoms with Crippen molar-refractivity contribution < 1.29 is 0 Å². The Morgan fingerprint density at radius 1 is 0.828 bits per heavy atom. The van der Waals surface area contributed by atoms with Crippen LogP contribution in [-0.4, -0.2) is 86.1 Å². The van der Waals surface area contributed by atoms with E-state index in [-0.39, 0.29) is 0 Å². The van der Waals surface area contributed by atoms with Crippen LogP contribution in [0.3, 0.4) is 0 Å². The maximum Gasteiger partial charge on any atom is 0.193 e. The fourth-order valence-corrected chi connectivity index (χ4v) is 5.66. The number of likely N-dealkylation sites (N-methyl/N-ethyl adjacent to an activating group) is 1. The minimum absolute atomic E-state index is 0.575. The van der Waals surface area contributed by atoms with Gasteiger partial charge in [0.2, 0.25) is 0 Å². The quantitative estimate of drug-likeness (QED) is 0.397. The van der Waals surface area contributed by atoms with Crippen LogP contribution in [0.2, 0.25) is 0 Å². The summed E-state index contributed by atoms with van der Waals surface area (Å²) in [4.78, 5) is 12.8. The Morgan fingerprint density at radius 3 is 2.21 bits per heavy atom. The van der Waals surface area contributed by atoms with Crippen molar-refractivity contribution in [2.45, 2.75) is 78.1 Å². The molecule has 0 unspecified atom stereocenters. The van der Waals surface area contributed by atoms with Crippen molar-refractivity contribution in [2.24, 2.45) is 10.4 Å². The molecular formula is C24H47N5. The molecule has 2 heterocycles. The van der Waals surface area contributed by atoms with E-state index in [0.717, 1.165) is 13.1 Å². The van der Waals surface area contributed by atoms with E-state index < -0.39 is 0 Å². The zero-order valence-electron chi connectivity index (χ0n) is 19.4. The van der Waals surface area contributed by atoms with Gasteiger partial charge in [-0.3, -0.25) is 4.99 Å². The molecule has 1 spiro atoms. The van der Waals surface area contributed by atoms with Gasteiger partial charge in [-0.1, -0.05) is 32.6 Å². The second-order valence-electron chi connectivity index (χ2n) is 9.66. The number of rotatable bonds is 7. The van der Waals surface area contributed by atoms with Crippen molar-refractivity contribution in [3.05, 3.63) is 0 Å². The van der Waals surface area contributed by atoms with Crippen LogP contribution in [0.25, 0.3) is 0 Å². The highest BCUT2D eigenvalue weighted by molar-refractivity contribution is 5.80. The van der Waals surface area contributed by atoms with Gasteiger partial charge in [0, 0.05) is 52.4 Å². The molecule has 168 valence electrons. The van der Waals surface area contributed by atoms with Crippen molar-refractivity contribution in [3.8, 4) is 0 Å². The average Bonchev–Trinajstić information content (AvgIpc) is 2.98. The molecule has 0 radical (unpaired) electrons. The Hall–Kier alpha value is -0.810. The Bertz CT molecular complexity index is 476. The molecule has 1 saturated carbocycles. The predicted octanol–water partition coefficient (Wildman–Crippen LogP) is 3.81. The summed E-state index contributed by atoms with van der Waals surface area (Å²) in [7, 11) is 0. The summed E-state index contributed by atoms with van der Waals surface area (Å²) in [5, 5.41) is 3.60. The zero-order chi connectivity index (χ0) is 20.4. The molecule has 3 fully saturated rings. The minimum Gasteiger partial charge on any atom is -0.357 e. The maximum atomic E-state index is 5.05. The third-order valence-electron chi connectivity index (χ3n) is 7.52. The first-order valence-electron chi connectivity index (χ1n) is 12.7. The lowest BCUT2D eigenvalue weighted by molar-refractivity contribution is 0.115. The highest BCUT2D eigenvalue weighted by Gasteiger charge is 2.36. The van der Waals surface area contributed by atoms with Crippen LogP contribution in [0.4, 0.5) is 0 Å². The van der Waals surface area contributed by atoms with E-state index in [1.54, 1.807) is 0 Å². The molecule has 5 heteroatoms. The lowest BCUT2D eigenvalue weighted by Crippen LogP contribution is -2.50. The van der Waals surface area contributed by atoms with E-state index in [1.807, 2.05) is 0 Å². The Balaban J connectivity index is 1.43. The number of guanidine groups is 1. The van der Waals surface area contributed by atoms with Crippen LogP contribution >= 0.6 is 0 Å². The van der Waals surface area contributed by atoms with Crippen LogP contribution in [-0.2, 0) is 0 Å². The third-order valence-corrected chi connectivity index (χ3v) is 7.52. The summed E-state index contributed by atoms with van der Waals surface area (Å²) in [6, 6.07) is 0. The minimum atomic E-state index is 0.575. The van der Waals surface area contributed by atoms with Crippen LogP contribution in [0.1, 0.15) is 78.1 Å². The van der Waals surface area contributed by atoms with Crippen LogP contribution in [0.5, 0.6) is 0 Å². The van der Waals surface area contributed by atoms with Gasteiger partial charge in [-0.2, -0.15) is 0 Å². The molecule has 3 aliphatic rings. The normalized spacial score (nSPS) is 24.6.